The van der Waals surface area contributed by atoms with Crippen LogP contribution in [0.15, 0.2) is 46.2 Å². The minimum atomic E-state index is 0.114. The maximum atomic E-state index is 6.17. The highest BCUT2D eigenvalue weighted by Gasteiger charge is 2.10. The summed E-state index contributed by atoms with van der Waals surface area (Å²) < 4.78 is 5.70. The zero-order valence-corrected chi connectivity index (χ0v) is 12.1. The monoisotopic (exact) mass is 286 g/mol. The van der Waals surface area contributed by atoms with Crippen molar-refractivity contribution in [2.45, 2.75) is 31.7 Å². The molecule has 4 heteroatoms. The zero-order valence-electron chi connectivity index (χ0n) is 11.3. The molecule has 2 aromatic heterocycles. The third-order valence-electron chi connectivity index (χ3n) is 3.35. The Morgan fingerprint density at radius 1 is 1.20 bits per heavy atom. The van der Waals surface area contributed by atoms with Crippen molar-refractivity contribution in [3.63, 3.8) is 0 Å². The molecule has 1 atom stereocenters. The predicted octanol–water partition coefficient (Wildman–Crippen LogP) is 3.78. The zero-order chi connectivity index (χ0) is 13.8. The van der Waals surface area contributed by atoms with Crippen molar-refractivity contribution in [3.05, 3.63) is 52.5 Å². The first-order valence-electron chi connectivity index (χ1n) is 6.93. The molecule has 0 amide bonds. The predicted molar refractivity (Wildman–Crippen MR) is 82.9 cm³/mol. The molecule has 104 valence electrons. The average Bonchev–Trinajstić information content (AvgIpc) is 3.06. The van der Waals surface area contributed by atoms with Crippen LogP contribution in [0.5, 0.6) is 0 Å². The highest BCUT2D eigenvalue weighted by molar-refractivity contribution is 7.09. The second-order valence-corrected chi connectivity index (χ2v) is 6.04. The molecule has 2 N–H and O–H groups in total. The highest BCUT2D eigenvalue weighted by Crippen LogP contribution is 2.17. The third-order valence-corrected chi connectivity index (χ3v) is 4.29. The summed E-state index contributed by atoms with van der Waals surface area (Å²) in [7, 11) is 0. The molecule has 20 heavy (non-hydrogen) atoms. The van der Waals surface area contributed by atoms with E-state index in [2.05, 4.69) is 22.5 Å². The number of aromatic nitrogens is 1. The van der Waals surface area contributed by atoms with Gasteiger partial charge in [-0.3, -0.25) is 0 Å². The molecule has 3 nitrogen and oxygen atoms in total. The van der Waals surface area contributed by atoms with Gasteiger partial charge in [0.05, 0.1) is 0 Å². The summed E-state index contributed by atoms with van der Waals surface area (Å²) in [5, 5.41) is 2.12. The van der Waals surface area contributed by atoms with Crippen molar-refractivity contribution in [1.29, 1.82) is 0 Å². The minimum Gasteiger partial charge on any atom is -0.441 e. The van der Waals surface area contributed by atoms with Gasteiger partial charge in [-0.2, -0.15) is 0 Å². The van der Waals surface area contributed by atoms with Crippen LogP contribution in [0.2, 0.25) is 0 Å². The second-order valence-electron chi connectivity index (χ2n) is 5.01. The molecule has 0 saturated heterocycles. The first-order valence-corrected chi connectivity index (χ1v) is 7.81. The van der Waals surface area contributed by atoms with Gasteiger partial charge in [0.1, 0.15) is 5.52 Å². The van der Waals surface area contributed by atoms with Gasteiger partial charge in [-0.25, -0.2) is 4.98 Å². The molecular formula is C16H18N2OS. The van der Waals surface area contributed by atoms with E-state index in [1.807, 2.05) is 35.6 Å². The average molecular weight is 286 g/mol. The van der Waals surface area contributed by atoms with E-state index in [-0.39, 0.29) is 6.04 Å². The summed E-state index contributed by atoms with van der Waals surface area (Å²) in [6.45, 7) is 0. The number of thiophene rings is 1. The lowest BCUT2D eigenvalue weighted by Crippen LogP contribution is -2.22. The van der Waals surface area contributed by atoms with Crippen molar-refractivity contribution in [2.75, 3.05) is 0 Å². The molecule has 0 aliphatic heterocycles. The van der Waals surface area contributed by atoms with Gasteiger partial charge in [-0.1, -0.05) is 18.2 Å². The van der Waals surface area contributed by atoms with Crippen molar-refractivity contribution < 1.29 is 4.42 Å². The first-order chi connectivity index (χ1) is 9.81. The van der Waals surface area contributed by atoms with E-state index in [0.717, 1.165) is 36.3 Å². The Bertz CT molecular complexity index is 627. The van der Waals surface area contributed by atoms with Crippen LogP contribution in [0.4, 0.5) is 0 Å². The second kappa shape index (κ2) is 6.20. The fourth-order valence-electron chi connectivity index (χ4n) is 2.33. The van der Waals surface area contributed by atoms with E-state index >= 15 is 0 Å². The fourth-order valence-corrected chi connectivity index (χ4v) is 3.08. The van der Waals surface area contributed by atoms with Crippen LogP contribution in [0.1, 0.15) is 23.6 Å². The SMILES string of the molecule is NC(CCCc1cccs1)Cc1nc2ccccc2o1. The Labute approximate surface area is 122 Å². The number of nitrogens with two attached hydrogens (primary N) is 1. The van der Waals surface area contributed by atoms with Gasteiger partial charge in [0.15, 0.2) is 11.5 Å². The van der Waals surface area contributed by atoms with Gasteiger partial charge >= 0.3 is 0 Å². The van der Waals surface area contributed by atoms with Gasteiger partial charge in [0, 0.05) is 17.3 Å². The van der Waals surface area contributed by atoms with Crippen LogP contribution in [0, 0.1) is 0 Å². The number of oxazole rings is 1. The van der Waals surface area contributed by atoms with Gasteiger partial charge < -0.3 is 10.2 Å². The number of hydrogen-bond acceptors (Lipinski definition) is 4. The van der Waals surface area contributed by atoms with E-state index in [4.69, 9.17) is 10.2 Å². The molecule has 0 radical (unpaired) electrons. The summed E-state index contributed by atoms with van der Waals surface area (Å²) in [4.78, 5) is 5.90. The van der Waals surface area contributed by atoms with Crippen LogP contribution in [-0.4, -0.2) is 11.0 Å². The van der Waals surface area contributed by atoms with Crippen LogP contribution in [0.25, 0.3) is 11.1 Å². The molecule has 0 bridgehead atoms. The molecule has 3 rings (SSSR count). The normalized spacial score (nSPS) is 12.8. The molecule has 0 spiro atoms. The Balaban J connectivity index is 1.51. The Morgan fingerprint density at radius 2 is 2.10 bits per heavy atom. The standard InChI is InChI=1S/C16H18N2OS/c17-12(5-3-6-13-7-4-10-20-13)11-16-18-14-8-1-2-9-15(14)19-16/h1-2,4,7-10,12H,3,5-6,11,17H2. The largest absolute Gasteiger partial charge is 0.441 e. The van der Waals surface area contributed by atoms with Gasteiger partial charge in [-0.05, 0) is 42.8 Å². The molecule has 0 aliphatic rings. The lowest BCUT2D eigenvalue weighted by molar-refractivity contribution is 0.477. The number of aryl methyl sites for hydroxylation is 1. The van der Waals surface area contributed by atoms with Gasteiger partial charge in [-0.15, -0.1) is 11.3 Å². The highest BCUT2D eigenvalue weighted by atomic mass is 32.1. The Kier molecular flexibility index (Phi) is 4.14. The lowest BCUT2D eigenvalue weighted by atomic mass is 10.1. The number of fused-ring (bicyclic) bond motifs is 1. The topological polar surface area (TPSA) is 52.0 Å². The molecule has 0 saturated carbocycles. The van der Waals surface area contributed by atoms with Crippen LogP contribution < -0.4 is 5.73 Å². The lowest BCUT2D eigenvalue weighted by Gasteiger charge is -2.08. The van der Waals surface area contributed by atoms with E-state index in [0.29, 0.717) is 6.42 Å². The van der Waals surface area contributed by atoms with Gasteiger partial charge in [0.2, 0.25) is 0 Å². The Morgan fingerprint density at radius 3 is 2.90 bits per heavy atom. The fraction of sp³-hybridized carbons (Fsp3) is 0.312. The summed E-state index contributed by atoms with van der Waals surface area (Å²) in [6.07, 6.45) is 3.93. The number of nitrogens with zero attached hydrogens (tertiary/aromatic N) is 1. The number of rotatable bonds is 6. The maximum absolute atomic E-state index is 6.17. The summed E-state index contributed by atoms with van der Waals surface area (Å²) in [6, 6.07) is 12.2. The minimum absolute atomic E-state index is 0.114. The van der Waals surface area contributed by atoms with Crippen molar-refractivity contribution in [1.82, 2.24) is 4.98 Å². The first kappa shape index (κ1) is 13.3. The quantitative estimate of drug-likeness (QED) is 0.750. The van der Waals surface area contributed by atoms with E-state index in [1.54, 1.807) is 0 Å². The summed E-state index contributed by atoms with van der Waals surface area (Å²) >= 11 is 1.81. The van der Waals surface area contributed by atoms with Crippen LogP contribution in [0.3, 0.4) is 0 Å². The van der Waals surface area contributed by atoms with E-state index < -0.39 is 0 Å². The van der Waals surface area contributed by atoms with Crippen molar-refractivity contribution >= 4 is 22.4 Å². The summed E-state index contributed by atoms with van der Waals surface area (Å²) in [5.74, 6) is 0.745. The Hall–Kier alpha value is -1.65. The van der Waals surface area contributed by atoms with Crippen LogP contribution >= 0.6 is 11.3 Å². The van der Waals surface area contributed by atoms with E-state index in [9.17, 15) is 0 Å². The number of hydrogen-bond donors (Lipinski definition) is 1. The number of benzene rings is 1. The molecular weight excluding hydrogens is 268 g/mol. The molecule has 1 unspecified atom stereocenters. The van der Waals surface area contributed by atoms with E-state index in [1.165, 1.54) is 4.88 Å². The third kappa shape index (κ3) is 3.26. The molecule has 2 heterocycles. The number of para-hydroxylation sites is 2. The molecule has 1 aromatic carbocycles. The van der Waals surface area contributed by atoms with Gasteiger partial charge in [0.25, 0.3) is 0 Å². The smallest absolute Gasteiger partial charge is 0.197 e. The molecule has 3 aromatic rings. The molecule has 0 fully saturated rings. The van der Waals surface area contributed by atoms with Crippen molar-refractivity contribution in [3.8, 4) is 0 Å². The van der Waals surface area contributed by atoms with Crippen molar-refractivity contribution in [2.24, 2.45) is 5.73 Å². The molecule has 0 aliphatic carbocycles. The summed E-state index contributed by atoms with van der Waals surface area (Å²) in [5.41, 5.74) is 7.92. The maximum Gasteiger partial charge on any atom is 0.197 e. The van der Waals surface area contributed by atoms with Crippen LogP contribution in [-0.2, 0) is 12.8 Å².